The van der Waals surface area contributed by atoms with Gasteiger partial charge < -0.3 is 4.98 Å². The van der Waals surface area contributed by atoms with Gasteiger partial charge in [0.2, 0.25) is 0 Å². The molecule has 3 heteroatoms. The van der Waals surface area contributed by atoms with Crippen LogP contribution in [0.1, 0.15) is 18.4 Å². The van der Waals surface area contributed by atoms with Gasteiger partial charge in [-0.25, -0.2) is 0 Å². The number of nitrogens with zero attached hydrogens (tertiary/aromatic N) is 1. The highest BCUT2D eigenvalue weighted by molar-refractivity contribution is 9.10. The summed E-state index contributed by atoms with van der Waals surface area (Å²) in [6, 6.07) is 6.42. The van der Waals surface area contributed by atoms with E-state index in [1.807, 2.05) is 0 Å². The third-order valence-corrected chi connectivity index (χ3v) is 3.82. The van der Waals surface area contributed by atoms with E-state index in [1.54, 1.807) is 0 Å². The standard InChI is InChI=1S/C13H15BrN2/c14-11-3-4-13-12(7-11)10(8-15-13)9-16-5-1-2-6-16/h3-4,7-8,15H,1-2,5-6,9H2. The Labute approximate surface area is 104 Å². The fourth-order valence-electron chi connectivity index (χ4n) is 2.46. The summed E-state index contributed by atoms with van der Waals surface area (Å²) >= 11 is 3.54. The molecule has 1 aromatic carbocycles. The van der Waals surface area contributed by atoms with Crippen molar-refractivity contribution in [3.63, 3.8) is 0 Å². The van der Waals surface area contributed by atoms with E-state index in [0.717, 1.165) is 11.0 Å². The Hall–Kier alpha value is -0.800. The van der Waals surface area contributed by atoms with E-state index in [9.17, 15) is 0 Å². The molecule has 1 saturated heterocycles. The molecule has 2 aromatic rings. The maximum Gasteiger partial charge on any atom is 0.0458 e. The van der Waals surface area contributed by atoms with Crippen LogP contribution in [0, 0.1) is 0 Å². The molecular formula is C13H15BrN2. The molecule has 84 valence electrons. The molecule has 1 aliphatic rings. The monoisotopic (exact) mass is 278 g/mol. The molecule has 2 nitrogen and oxygen atoms in total. The Morgan fingerprint density at radius 2 is 2.06 bits per heavy atom. The lowest BCUT2D eigenvalue weighted by atomic mass is 10.1. The fraction of sp³-hybridized carbons (Fsp3) is 0.385. The topological polar surface area (TPSA) is 19.0 Å². The molecule has 1 aromatic heterocycles. The summed E-state index contributed by atoms with van der Waals surface area (Å²) in [5.41, 5.74) is 2.65. The van der Waals surface area contributed by atoms with Crippen LogP contribution in [0.25, 0.3) is 10.9 Å². The first-order valence-corrected chi connectivity index (χ1v) is 6.60. The van der Waals surface area contributed by atoms with E-state index >= 15 is 0 Å². The van der Waals surface area contributed by atoms with Crippen LogP contribution in [0.4, 0.5) is 0 Å². The summed E-state index contributed by atoms with van der Waals surface area (Å²) in [5.74, 6) is 0. The molecule has 1 N–H and O–H groups in total. The van der Waals surface area contributed by atoms with Gasteiger partial charge in [-0.3, -0.25) is 4.90 Å². The predicted molar refractivity (Wildman–Crippen MR) is 70.5 cm³/mol. The van der Waals surface area contributed by atoms with Gasteiger partial charge >= 0.3 is 0 Å². The lowest BCUT2D eigenvalue weighted by molar-refractivity contribution is 0.332. The van der Waals surface area contributed by atoms with Crippen LogP contribution < -0.4 is 0 Å². The highest BCUT2D eigenvalue weighted by Crippen LogP contribution is 2.24. The minimum absolute atomic E-state index is 1.08. The van der Waals surface area contributed by atoms with Gasteiger partial charge in [0.05, 0.1) is 0 Å². The molecule has 0 amide bonds. The minimum atomic E-state index is 1.08. The summed E-state index contributed by atoms with van der Waals surface area (Å²) in [6.07, 6.45) is 4.85. The number of benzene rings is 1. The number of nitrogens with one attached hydrogen (secondary N) is 1. The van der Waals surface area contributed by atoms with Crippen molar-refractivity contribution in [2.75, 3.05) is 13.1 Å². The Balaban J connectivity index is 1.93. The predicted octanol–water partition coefficient (Wildman–Crippen LogP) is 3.53. The zero-order valence-electron chi connectivity index (χ0n) is 9.17. The first-order valence-electron chi connectivity index (χ1n) is 5.81. The molecule has 1 aliphatic heterocycles. The zero-order chi connectivity index (χ0) is 11.0. The van der Waals surface area contributed by atoms with Crippen LogP contribution in [-0.4, -0.2) is 23.0 Å². The number of aromatic nitrogens is 1. The van der Waals surface area contributed by atoms with Gasteiger partial charge in [-0.15, -0.1) is 0 Å². The highest BCUT2D eigenvalue weighted by atomic mass is 79.9. The van der Waals surface area contributed by atoms with E-state index in [4.69, 9.17) is 0 Å². The number of rotatable bonds is 2. The van der Waals surface area contributed by atoms with E-state index in [2.05, 4.69) is 50.2 Å². The summed E-state index contributed by atoms with van der Waals surface area (Å²) in [6.45, 7) is 3.58. The van der Waals surface area contributed by atoms with Crippen LogP contribution in [0.2, 0.25) is 0 Å². The second-order valence-electron chi connectivity index (χ2n) is 4.49. The van der Waals surface area contributed by atoms with Gasteiger partial charge in [-0.1, -0.05) is 15.9 Å². The number of hydrogen-bond donors (Lipinski definition) is 1. The third-order valence-electron chi connectivity index (χ3n) is 3.32. The highest BCUT2D eigenvalue weighted by Gasteiger charge is 2.13. The second kappa shape index (κ2) is 4.22. The molecule has 0 radical (unpaired) electrons. The summed E-state index contributed by atoms with van der Waals surface area (Å²) in [7, 11) is 0. The number of halogens is 1. The lowest BCUT2D eigenvalue weighted by Gasteiger charge is -2.13. The summed E-state index contributed by atoms with van der Waals surface area (Å²) < 4.78 is 1.15. The first-order chi connectivity index (χ1) is 7.83. The summed E-state index contributed by atoms with van der Waals surface area (Å²) in [4.78, 5) is 5.87. The van der Waals surface area contributed by atoms with Crippen molar-refractivity contribution in [3.05, 3.63) is 34.4 Å². The van der Waals surface area contributed by atoms with E-state index in [0.29, 0.717) is 0 Å². The quantitative estimate of drug-likeness (QED) is 0.891. The van der Waals surface area contributed by atoms with Crippen molar-refractivity contribution in [1.29, 1.82) is 0 Å². The second-order valence-corrected chi connectivity index (χ2v) is 5.40. The van der Waals surface area contributed by atoms with Gasteiger partial charge in [0.25, 0.3) is 0 Å². The average Bonchev–Trinajstić information content (AvgIpc) is 2.90. The van der Waals surface area contributed by atoms with Gasteiger partial charge in [-0.2, -0.15) is 0 Å². The van der Waals surface area contributed by atoms with Crippen molar-refractivity contribution in [2.45, 2.75) is 19.4 Å². The molecule has 3 rings (SSSR count). The van der Waals surface area contributed by atoms with Gasteiger partial charge in [-0.05, 0) is 49.7 Å². The number of aromatic amines is 1. The SMILES string of the molecule is Brc1ccc2[nH]cc(CN3CCCC3)c2c1. The molecule has 0 spiro atoms. The normalized spacial score (nSPS) is 17.3. The number of likely N-dealkylation sites (tertiary alicyclic amines) is 1. The largest absolute Gasteiger partial charge is 0.361 e. The first kappa shape index (κ1) is 10.4. The van der Waals surface area contributed by atoms with E-state index in [1.165, 1.54) is 42.4 Å². The maximum absolute atomic E-state index is 3.54. The molecular weight excluding hydrogens is 264 g/mol. The lowest BCUT2D eigenvalue weighted by Crippen LogP contribution is -2.17. The van der Waals surface area contributed by atoms with Gasteiger partial charge in [0.15, 0.2) is 0 Å². The zero-order valence-corrected chi connectivity index (χ0v) is 10.8. The van der Waals surface area contributed by atoms with Crippen molar-refractivity contribution < 1.29 is 0 Å². The van der Waals surface area contributed by atoms with Crippen LogP contribution in [0.3, 0.4) is 0 Å². The molecule has 0 saturated carbocycles. The number of fused-ring (bicyclic) bond motifs is 1. The van der Waals surface area contributed by atoms with Crippen LogP contribution in [0.5, 0.6) is 0 Å². The number of H-pyrrole nitrogens is 1. The van der Waals surface area contributed by atoms with Crippen molar-refractivity contribution in [3.8, 4) is 0 Å². The third kappa shape index (κ3) is 1.89. The van der Waals surface area contributed by atoms with Crippen molar-refractivity contribution >= 4 is 26.8 Å². The molecule has 0 aliphatic carbocycles. The molecule has 2 heterocycles. The van der Waals surface area contributed by atoms with Crippen LogP contribution in [-0.2, 0) is 6.54 Å². The van der Waals surface area contributed by atoms with Crippen LogP contribution >= 0.6 is 15.9 Å². The molecule has 0 unspecified atom stereocenters. The average molecular weight is 279 g/mol. The van der Waals surface area contributed by atoms with Crippen LogP contribution in [0.15, 0.2) is 28.9 Å². The van der Waals surface area contributed by atoms with E-state index in [-0.39, 0.29) is 0 Å². The van der Waals surface area contributed by atoms with Gasteiger partial charge in [0, 0.05) is 28.1 Å². The van der Waals surface area contributed by atoms with Gasteiger partial charge in [0.1, 0.15) is 0 Å². The van der Waals surface area contributed by atoms with Crippen molar-refractivity contribution in [1.82, 2.24) is 9.88 Å². The molecule has 16 heavy (non-hydrogen) atoms. The molecule has 1 fully saturated rings. The fourth-order valence-corrected chi connectivity index (χ4v) is 2.82. The number of hydrogen-bond acceptors (Lipinski definition) is 1. The summed E-state index contributed by atoms with van der Waals surface area (Å²) in [5, 5.41) is 1.35. The maximum atomic E-state index is 3.54. The Morgan fingerprint density at radius 1 is 1.25 bits per heavy atom. The smallest absolute Gasteiger partial charge is 0.0458 e. The minimum Gasteiger partial charge on any atom is -0.361 e. The Bertz CT molecular complexity index is 498. The molecule has 0 bridgehead atoms. The van der Waals surface area contributed by atoms with Crippen molar-refractivity contribution in [2.24, 2.45) is 0 Å². The Kier molecular flexibility index (Phi) is 2.74. The molecule has 0 atom stereocenters. The Morgan fingerprint density at radius 3 is 2.88 bits per heavy atom. The van der Waals surface area contributed by atoms with E-state index < -0.39 is 0 Å².